The number of carbonyl (C=O) groups is 1. The zero-order valence-electron chi connectivity index (χ0n) is 14.7. The number of aryl methyl sites for hydroxylation is 1. The van der Waals surface area contributed by atoms with Crippen LogP contribution >= 0.6 is 0 Å². The number of halogens is 1. The van der Waals surface area contributed by atoms with Crippen molar-refractivity contribution in [2.75, 3.05) is 19.6 Å². The number of aliphatic carboxylic acids is 1. The number of carboxylic acids is 1. The SMILES string of the molecule is Cc1cc(=O)n(C(CC(C)C)C(=O)O)cc1CCN1CC[C@@H](F)C1. The average Bonchev–Trinajstić information content (AvgIpc) is 2.89. The van der Waals surface area contributed by atoms with Gasteiger partial charge in [-0.25, -0.2) is 9.18 Å². The van der Waals surface area contributed by atoms with E-state index in [1.807, 2.05) is 20.8 Å². The molecular weight excluding hydrogens is 311 g/mol. The molecule has 2 heterocycles. The van der Waals surface area contributed by atoms with E-state index in [1.54, 1.807) is 6.20 Å². The second kappa shape index (κ2) is 7.92. The number of pyridine rings is 1. The second-order valence-electron chi connectivity index (χ2n) is 7.15. The zero-order valence-corrected chi connectivity index (χ0v) is 14.7. The predicted octanol–water partition coefficient (Wildman–Crippen LogP) is 2.41. The number of nitrogens with zero attached hydrogens (tertiary/aromatic N) is 2. The van der Waals surface area contributed by atoms with Gasteiger partial charge in [-0.15, -0.1) is 0 Å². The van der Waals surface area contributed by atoms with E-state index >= 15 is 0 Å². The molecule has 1 N–H and O–H groups in total. The van der Waals surface area contributed by atoms with Crippen LogP contribution < -0.4 is 5.56 Å². The van der Waals surface area contributed by atoms with Crippen molar-refractivity contribution in [2.45, 2.75) is 52.2 Å². The van der Waals surface area contributed by atoms with E-state index in [0.29, 0.717) is 25.8 Å². The highest BCUT2D eigenvalue weighted by Gasteiger charge is 2.24. The van der Waals surface area contributed by atoms with Crippen molar-refractivity contribution in [3.8, 4) is 0 Å². The van der Waals surface area contributed by atoms with Gasteiger partial charge in [0.2, 0.25) is 0 Å². The number of hydrogen-bond acceptors (Lipinski definition) is 3. The first-order chi connectivity index (χ1) is 11.3. The fraction of sp³-hybridized carbons (Fsp3) is 0.667. The zero-order chi connectivity index (χ0) is 17.9. The minimum Gasteiger partial charge on any atom is -0.480 e. The summed E-state index contributed by atoms with van der Waals surface area (Å²) in [7, 11) is 0. The quantitative estimate of drug-likeness (QED) is 0.829. The van der Waals surface area contributed by atoms with Gasteiger partial charge in [0.05, 0.1) is 0 Å². The van der Waals surface area contributed by atoms with Crippen molar-refractivity contribution < 1.29 is 14.3 Å². The summed E-state index contributed by atoms with van der Waals surface area (Å²) in [4.78, 5) is 25.9. The van der Waals surface area contributed by atoms with Crippen LogP contribution in [-0.4, -0.2) is 46.3 Å². The molecule has 2 atom stereocenters. The molecule has 6 heteroatoms. The van der Waals surface area contributed by atoms with Gasteiger partial charge < -0.3 is 14.6 Å². The molecule has 1 aliphatic heterocycles. The molecule has 1 aromatic heterocycles. The lowest BCUT2D eigenvalue weighted by Gasteiger charge is -2.20. The molecule has 2 rings (SSSR count). The Labute approximate surface area is 142 Å². The Kier molecular flexibility index (Phi) is 6.15. The largest absolute Gasteiger partial charge is 0.480 e. The van der Waals surface area contributed by atoms with Gasteiger partial charge in [-0.2, -0.15) is 0 Å². The maximum Gasteiger partial charge on any atom is 0.326 e. The maximum absolute atomic E-state index is 13.3. The highest BCUT2D eigenvalue weighted by atomic mass is 19.1. The third-order valence-corrected chi connectivity index (χ3v) is 4.62. The minimum atomic E-state index is -0.986. The summed E-state index contributed by atoms with van der Waals surface area (Å²) in [6.45, 7) is 7.69. The van der Waals surface area contributed by atoms with Crippen molar-refractivity contribution in [1.29, 1.82) is 0 Å². The van der Waals surface area contributed by atoms with E-state index < -0.39 is 18.2 Å². The van der Waals surface area contributed by atoms with Crippen molar-refractivity contribution in [1.82, 2.24) is 9.47 Å². The third-order valence-electron chi connectivity index (χ3n) is 4.62. The average molecular weight is 338 g/mol. The third kappa shape index (κ3) is 4.66. The Morgan fingerprint density at radius 3 is 2.71 bits per heavy atom. The molecule has 5 nitrogen and oxygen atoms in total. The number of aromatic nitrogens is 1. The summed E-state index contributed by atoms with van der Waals surface area (Å²) in [5.74, 6) is -0.811. The van der Waals surface area contributed by atoms with Crippen LogP contribution in [0.15, 0.2) is 17.1 Å². The summed E-state index contributed by atoms with van der Waals surface area (Å²) in [6.07, 6.45) is 2.61. The van der Waals surface area contributed by atoms with Gasteiger partial charge >= 0.3 is 5.97 Å². The second-order valence-corrected chi connectivity index (χ2v) is 7.15. The van der Waals surface area contributed by atoms with Crippen LogP contribution in [0.25, 0.3) is 0 Å². The van der Waals surface area contributed by atoms with Gasteiger partial charge in [-0.3, -0.25) is 4.79 Å². The van der Waals surface area contributed by atoms with Crippen molar-refractivity contribution >= 4 is 5.97 Å². The van der Waals surface area contributed by atoms with E-state index in [0.717, 1.165) is 24.2 Å². The molecule has 0 aromatic carbocycles. The minimum absolute atomic E-state index is 0.175. The van der Waals surface area contributed by atoms with Crippen molar-refractivity contribution in [3.63, 3.8) is 0 Å². The normalized spacial score (nSPS) is 19.8. The fourth-order valence-electron chi connectivity index (χ4n) is 3.24. The van der Waals surface area contributed by atoms with Crippen molar-refractivity contribution in [3.05, 3.63) is 33.7 Å². The van der Waals surface area contributed by atoms with Gasteiger partial charge in [0.15, 0.2) is 0 Å². The molecule has 1 fully saturated rings. The lowest BCUT2D eigenvalue weighted by molar-refractivity contribution is -0.141. The number of alkyl halides is 1. The van der Waals surface area contributed by atoms with Crippen LogP contribution in [0.4, 0.5) is 4.39 Å². The van der Waals surface area contributed by atoms with E-state index in [9.17, 15) is 19.1 Å². The Morgan fingerprint density at radius 1 is 1.46 bits per heavy atom. The van der Waals surface area contributed by atoms with E-state index in [2.05, 4.69) is 4.90 Å². The van der Waals surface area contributed by atoms with Crippen LogP contribution in [0, 0.1) is 12.8 Å². The molecule has 0 amide bonds. The molecule has 1 aliphatic rings. The molecule has 0 bridgehead atoms. The summed E-state index contributed by atoms with van der Waals surface area (Å²) in [6, 6.07) is 0.659. The Balaban J connectivity index is 2.20. The number of rotatable bonds is 7. The fourth-order valence-corrected chi connectivity index (χ4v) is 3.24. The van der Waals surface area contributed by atoms with Crippen molar-refractivity contribution in [2.24, 2.45) is 5.92 Å². The van der Waals surface area contributed by atoms with Crippen LogP contribution in [0.2, 0.25) is 0 Å². The Bertz CT molecular complexity index is 642. The molecular formula is C18H27FN2O3. The highest BCUT2D eigenvalue weighted by molar-refractivity contribution is 5.71. The molecule has 0 aliphatic carbocycles. The molecule has 1 aromatic rings. The molecule has 1 unspecified atom stereocenters. The number of likely N-dealkylation sites (tertiary alicyclic amines) is 1. The van der Waals surface area contributed by atoms with Gasteiger partial charge in [-0.05, 0) is 43.2 Å². The summed E-state index contributed by atoms with van der Waals surface area (Å²) in [5, 5.41) is 9.48. The first-order valence-corrected chi connectivity index (χ1v) is 8.58. The standard InChI is InChI=1S/C18H27FN2O3/c1-12(2)8-16(18(23)24)21-10-14(13(3)9-17(21)22)4-6-20-7-5-15(19)11-20/h9-10,12,15-16H,4-8,11H2,1-3H3,(H,23,24)/t15-,16?/m1/s1. The van der Waals surface area contributed by atoms with Gasteiger partial charge in [0.1, 0.15) is 12.2 Å². The Hall–Kier alpha value is -1.69. The smallest absolute Gasteiger partial charge is 0.326 e. The highest BCUT2D eigenvalue weighted by Crippen LogP contribution is 2.19. The first-order valence-electron chi connectivity index (χ1n) is 8.58. The van der Waals surface area contributed by atoms with Gasteiger partial charge in [0, 0.05) is 31.9 Å². The number of carboxylic acid groups (broad SMARTS) is 1. The summed E-state index contributed by atoms with van der Waals surface area (Å²) >= 11 is 0. The Morgan fingerprint density at radius 2 is 2.17 bits per heavy atom. The van der Waals surface area contributed by atoms with Crippen LogP contribution in [-0.2, 0) is 11.2 Å². The summed E-state index contributed by atoms with van der Waals surface area (Å²) in [5.41, 5.74) is 1.53. The lowest BCUT2D eigenvalue weighted by atomic mass is 10.0. The molecule has 0 radical (unpaired) electrons. The molecule has 1 saturated heterocycles. The van der Waals surface area contributed by atoms with Crippen LogP contribution in [0.3, 0.4) is 0 Å². The lowest BCUT2D eigenvalue weighted by Crippen LogP contribution is -2.31. The van der Waals surface area contributed by atoms with E-state index in [1.165, 1.54) is 10.6 Å². The maximum atomic E-state index is 13.3. The van der Waals surface area contributed by atoms with Gasteiger partial charge in [0.25, 0.3) is 5.56 Å². The predicted molar refractivity (Wildman–Crippen MR) is 91.2 cm³/mol. The summed E-state index contributed by atoms with van der Waals surface area (Å²) < 4.78 is 14.6. The molecule has 134 valence electrons. The van der Waals surface area contributed by atoms with Gasteiger partial charge in [-0.1, -0.05) is 13.8 Å². The monoisotopic (exact) mass is 338 g/mol. The van der Waals surface area contributed by atoms with Crippen LogP contribution in [0.5, 0.6) is 0 Å². The van der Waals surface area contributed by atoms with Crippen LogP contribution in [0.1, 0.15) is 43.9 Å². The topological polar surface area (TPSA) is 62.5 Å². The first kappa shape index (κ1) is 18.6. The molecule has 0 spiro atoms. The van der Waals surface area contributed by atoms with E-state index in [4.69, 9.17) is 0 Å². The number of hydrogen-bond donors (Lipinski definition) is 1. The van der Waals surface area contributed by atoms with E-state index in [-0.39, 0.29) is 11.5 Å². The molecule has 24 heavy (non-hydrogen) atoms. The molecule has 0 saturated carbocycles.